The lowest BCUT2D eigenvalue weighted by Gasteiger charge is -2.61. The minimum absolute atomic E-state index is 0.110. The number of nitrogens with one attached hydrogen (secondary N) is 1. The van der Waals surface area contributed by atoms with E-state index in [1.807, 2.05) is 31.4 Å². The molecule has 0 aromatic heterocycles. The zero-order valence-corrected chi connectivity index (χ0v) is 22.8. The van der Waals surface area contributed by atoms with Gasteiger partial charge < -0.3 is 19.6 Å². The molecule has 2 N–H and O–H groups in total. The van der Waals surface area contributed by atoms with E-state index in [1.165, 1.54) is 5.56 Å². The predicted molar refractivity (Wildman–Crippen MR) is 150 cm³/mol. The molecule has 0 spiro atoms. The third-order valence-electron chi connectivity index (χ3n) is 9.02. The first-order valence-corrected chi connectivity index (χ1v) is 14.0. The number of likely N-dealkylation sites (tertiary alicyclic amines) is 1. The number of quaternary nitrogens is 1. The Labute approximate surface area is 223 Å². The number of phenols is 1. The van der Waals surface area contributed by atoms with Gasteiger partial charge in [0.05, 0.1) is 20.1 Å². The third-order valence-corrected chi connectivity index (χ3v) is 9.02. The number of rotatable bonds is 11. The number of aryl methyl sites for hydroxylation is 1. The number of benzene rings is 2. The Kier molecular flexibility index (Phi) is 8.76. The highest BCUT2D eigenvalue weighted by Gasteiger charge is 2.62. The lowest BCUT2D eigenvalue weighted by molar-refractivity contribution is -0.918. The predicted octanol–water partition coefficient (Wildman–Crippen LogP) is 5.52. The van der Waals surface area contributed by atoms with Crippen molar-refractivity contribution in [2.75, 3.05) is 33.8 Å². The number of ether oxygens (including phenoxy) is 1. The summed E-state index contributed by atoms with van der Waals surface area (Å²) in [5.41, 5.74) is 1.88. The summed E-state index contributed by atoms with van der Waals surface area (Å²) in [6, 6.07) is 18.4. The second kappa shape index (κ2) is 11.8. The number of methoxy groups -OCH3 is 1. The van der Waals surface area contributed by atoms with Crippen molar-refractivity contribution in [3.8, 4) is 5.75 Å². The van der Waals surface area contributed by atoms with Gasteiger partial charge in [0.15, 0.2) is 0 Å². The van der Waals surface area contributed by atoms with Crippen LogP contribution in [0.4, 0.5) is 0 Å². The monoisotopic (exact) mass is 505 g/mol. The van der Waals surface area contributed by atoms with Crippen LogP contribution in [0.2, 0.25) is 0 Å². The molecular formula is C32H45N2O3+. The van der Waals surface area contributed by atoms with E-state index in [0.717, 1.165) is 81.0 Å². The first-order valence-electron chi connectivity index (χ1n) is 14.0. The summed E-state index contributed by atoms with van der Waals surface area (Å²) in [6.45, 7) is 6.81. The molecule has 4 atom stereocenters. The maximum absolute atomic E-state index is 12.9. The van der Waals surface area contributed by atoms with Crippen LogP contribution in [0, 0.1) is 0 Å². The van der Waals surface area contributed by atoms with E-state index in [4.69, 9.17) is 4.74 Å². The maximum atomic E-state index is 12.9. The van der Waals surface area contributed by atoms with Gasteiger partial charge in [0.2, 0.25) is 5.91 Å². The average Bonchev–Trinajstić information content (AvgIpc) is 2.89. The van der Waals surface area contributed by atoms with Gasteiger partial charge in [0.1, 0.15) is 17.9 Å². The van der Waals surface area contributed by atoms with E-state index in [2.05, 4.69) is 49.3 Å². The van der Waals surface area contributed by atoms with Crippen molar-refractivity contribution in [3.63, 3.8) is 0 Å². The van der Waals surface area contributed by atoms with E-state index in [-0.39, 0.29) is 28.7 Å². The summed E-state index contributed by atoms with van der Waals surface area (Å²) in [7, 11) is 4.13. The first kappa shape index (κ1) is 27.4. The molecule has 2 fully saturated rings. The van der Waals surface area contributed by atoms with Gasteiger partial charge in [-0.1, -0.05) is 55.5 Å². The smallest absolute Gasteiger partial charge is 0.220 e. The van der Waals surface area contributed by atoms with Gasteiger partial charge in [-0.05, 0) is 67.9 Å². The van der Waals surface area contributed by atoms with Crippen LogP contribution in [0.15, 0.2) is 67.3 Å². The second-order valence-electron chi connectivity index (χ2n) is 11.6. The highest BCUT2D eigenvalue weighted by Crippen LogP contribution is 2.54. The zero-order valence-electron chi connectivity index (χ0n) is 22.8. The minimum atomic E-state index is -0.352. The number of hydrogen-bond acceptors (Lipinski definition) is 3. The molecule has 1 amide bonds. The average molecular weight is 506 g/mol. The lowest BCUT2D eigenvalue weighted by Crippen LogP contribution is -2.72. The normalized spacial score (nSPS) is 29.3. The number of nitrogens with zero attached hydrogens (tertiary/aromatic N) is 1. The molecule has 5 heteroatoms. The molecule has 200 valence electrons. The Bertz CT molecular complexity index is 1060. The Hall–Kier alpha value is -2.63. The number of fused-ring (bicyclic) bond motifs is 1. The molecule has 1 heterocycles. The molecule has 1 saturated heterocycles. The van der Waals surface area contributed by atoms with E-state index in [1.54, 1.807) is 6.07 Å². The van der Waals surface area contributed by atoms with Gasteiger partial charge in [0, 0.05) is 31.4 Å². The summed E-state index contributed by atoms with van der Waals surface area (Å²) in [6.07, 6.45) is 10.3. The summed E-state index contributed by atoms with van der Waals surface area (Å²) < 4.78 is 7.36. The number of amides is 1. The van der Waals surface area contributed by atoms with Gasteiger partial charge in [-0.15, -0.1) is 0 Å². The Morgan fingerprint density at radius 1 is 1.16 bits per heavy atom. The number of phenolic OH excluding ortho intramolecular Hbond substituents is 1. The fourth-order valence-corrected chi connectivity index (χ4v) is 7.09. The van der Waals surface area contributed by atoms with E-state index >= 15 is 0 Å². The first-order chi connectivity index (χ1) is 17.8. The topological polar surface area (TPSA) is 58.6 Å². The fourth-order valence-electron chi connectivity index (χ4n) is 7.09. The van der Waals surface area contributed by atoms with Crippen LogP contribution in [0.1, 0.15) is 62.5 Å². The van der Waals surface area contributed by atoms with Gasteiger partial charge in [-0.2, -0.15) is 0 Å². The van der Waals surface area contributed by atoms with E-state index in [9.17, 15) is 9.90 Å². The van der Waals surface area contributed by atoms with E-state index in [0.29, 0.717) is 6.42 Å². The second-order valence-corrected chi connectivity index (χ2v) is 11.6. The molecule has 2 aliphatic rings. The molecule has 2 aromatic carbocycles. The van der Waals surface area contributed by atoms with Crippen LogP contribution in [-0.4, -0.2) is 60.9 Å². The summed E-state index contributed by atoms with van der Waals surface area (Å²) in [4.78, 5) is 12.9. The van der Waals surface area contributed by atoms with Gasteiger partial charge in [-0.25, -0.2) is 0 Å². The van der Waals surface area contributed by atoms with Crippen molar-refractivity contribution in [3.05, 3.63) is 78.4 Å². The molecule has 1 unspecified atom stereocenters. The Balaban J connectivity index is 1.42. The van der Waals surface area contributed by atoms with Crippen LogP contribution < -0.4 is 5.32 Å². The highest BCUT2D eigenvalue weighted by molar-refractivity contribution is 5.76. The van der Waals surface area contributed by atoms with Crippen molar-refractivity contribution >= 4 is 5.91 Å². The standard InChI is InChI=1S/C32H44N2O3/c1-4-21-34(2)22-20-31(27-15-11-16-29(35)23-27)24-28(18-19-32(31,25-34)37-3)33-30(36)17-10-6-9-14-26-12-7-5-8-13-26/h4-5,7-8,11-13,15-16,23,28H,1,6,9-10,14,17-22,24-25H2,2-3H3,(H-,33,35,36)/p+1/t28-,31-,32?,34-/m0/s1. The van der Waals surface area contributed by atoms with Crippen molar-refractivity contribution < 1.29 is 19.1 Å². The minimum Gasteiger partial charge on any atom is -0.508 e. The molecule has 1 aliphatic heterocycles. The number of hydrogen-bond donors (Lipinski definition) is 2. The molecule has 5 nitrogen and oxygen atoms in total. The fraction of sp³-hybridized carbons (Fsp3) is 0.531. The van der Waals surface area contributed by atoms with Crippen molar-refractivity contribution in [2.24, 2.45) is 0 Å². The molecule has 1 aliphatic carbocycles. The van der Waals surface area contributed by atoms with Gasteiger partial charge >= 0.3 is 0 Å². The third kappa shape index (κ3) is 6.10. The van der Waals surface area contributed by atoms with Crippen molar-refractivity contribution in [1.82, 2.24) is 5.32 Å². The quantitative estimate of drug-likeness (QED) is 0.240. The zero-order chi connectivity index (χ0) is 26.4. The number of aromatic hydroxyl groups is 1. The van der Waals surface area contributed by atoms with Crippen molar-refractivity contribution in [1.29, 1.82) is 0 Å². The number of carbonyl (C=O) groups is 1. The molecular weight excluding hydrogens is 460 g/mol. The van der Waals surface area contributed by atoms with Crippen molar-refractivity contribution in [2.45, 2.75) is 74.8 Å². The lowest BCUT2D eigenvalue weighted by atomic mass is 9.54. The van der Waals surface area contributed by atoms with Crippen LogP contribution in [-0.2, 0) is 21.4 Å². The number of unbranched alkanes of at least 4 members (excludes halogenated alkanes) is 2. The Morgan fingerprint density at radius 3 is 2.70 bits per heavy atom. The number of carbonyl (C=O) groups excluding carboxylic acids is 1. The summed E-state index contributed by atoms with van der Waals surface area (Å²) >= 11 is 0. The van der Waals surface area contributed by atoms with Crippen LogP contribution in [0.3, 0.4) is 0 Å². The summed E-state index contributed by atoms with van der Waals surface area (Å²) in [5.74, 6) is 0.441. The maximum Gasteiger partial charge on any atom is 0.220 e. The molecule has 0 radical (unpaired) electrons. The molecule has 1 saturated carbocycles. The number of likely N-dealkylation sites (N-methyl/N-ethyl adjacent to an activating group) is 1. The Morgan fingerprint density at radius 2 is 1.97 bits per heavy atom. The molecule has 4 rings (SSSR count). The van der Waals surface area contributed by atoms with Gasteiger partial charge in [-0.3, -0.25) is 4.79 Å². The van der Waals surface area contributed by atoms with Crippen LogP contribution in [0.5, 0.6) is 5.75 Å². The molecule has 2 aromatic rings. The summed E-state index contributed by atoms with van der Waals surface area (Å²) in [5, 5.41) is 13.7. The van der Waals surface area contributed by atoms with Gasteiger partial charge in [0.25, 0.3) is 0 Å². The molecule has 0 bridgehead atoms. The molecule has 37 heavy (non-hydrogen) atoms. The number of piperidine rings is 1. The van der Waals surface area contributed by atoms with Crippen LogP contribution >= 0.6 is 0 Å². The largest absolute Gasteiger partial charge is 0.508 e. The SMILES string of the molecule is C=CC[N@@+]1(C)CC[C@@]2(c3cccc(O)c3)C[C@@H](NC(=O)CCCCCc3ccccc3)CCC2(OC)C1. The highest BCUT2D eigenvalue weighted by atomic mass is 16.5. The van der Waals surface area contributed by atoms with Crippen LogP contribution in [0.25, 0.3) is 0 Å². The van der Waals surface area contributed by atoms with E-state index < -0.39 is 0 Å².